The zero-order valence-corrected chi connectivity index (χ0v) is 8.06. The van der Waals surface area contributed by atoms with Gasteiger partial charge in [-0.25, -0.2) is 9.59 Å². The number of ether oxygens (including phenoxy) is 1. The van der Waals surface area contributed by atoms with Crippen molar-refractivity contribution in [2.75, 3.05) is 7.05 Å². The quantitative estimate of drug-likeness (QED) is 0.754. The van der Waals surface area contributed by atoms with Crippen LogP contribution in [0.25, 0.3) is 0 Å². The molecule has 1 heterocycles. The molecule has 0 atom stereocenters. The summed E-state index contributed by atoms with van der Waals surface area (Å²) < 4.78 is 4.97. The lowest BCUT2D eigenvalue weighted by Crippen LogP contribution is -2.33. The fraction of sp³-hybridized carbons (Fsp3) is 0.200. The summed E-state index contributed by atoms with van der Waals surface area (Å²) in [5.41, 5.74) is 0.900. The summed E-state index contributed by atoms with van der Waals surface area (Å²) in [6, 6.07) is 4.43. The number of benzene rings is 1. The van der Waals surface area contributed by atoms with Crippen molar-refractivity contribution in [2.24, 2.45) is 0 Å². The number of fused-ring (bicyclic) bond motifs is 1. The van der Waals surface area contributed by atoms with Crippen molar-refractivity contribution in [1.82, 2.24) is 4.90 Å². The largest absolute Gasteiger partial charge is 0.478 e. The monoisotopic (exact) mass is 207 g/mol. The molecule has 0 radical (unpaired) electrons. The van der Waals surface area contributed by atoms with E-state index in [0.29, 0.717) is 17.9 Å². The minimum Gasteiger partial charge on any atom is -0.478 e. The zero-order chi connectivity index (χ0) is 11.0. The molecule has 78 valence electrons. The van der Waals surface area contributed by atoms with E-state index in [1.165, 1.54) is 23.1 Å². The first kappa shape index (κ1) is 9.51. The number of nitrogens with zero attached hydrogens (tertiary/aromatic N) is 1. The molecule has 1 amide bonds. The van der Waals surface area contributed by atoms with Crippen molar-refractivity contribution in [3.63, 3.8) is 0 Å². The Kier molecular flexibility index (Phi) is 2.07. The number of carboxylic acid groups (broad SMARTS) is 1. The standard InChI is InChI=1S/C10H9NO4/c1-11-5-7-4-6(9(12)13)2-3-8(7)15-10(11)14/h2-4H,5H2,1H3,(H,12,13). The van der Waals surface area contributed by atoms with Crippen LogP contribution in [0.1, 0.15) is 15.9 Å². The molecule has 2 rings (SSSR count). The molecular weight excluding hydrogens is 198 g/mol. The molecule has 1 aromatic carbocycles. The molecule has 0 saturated carbocycles. The molecule has 0 fully saturated rings. The third kappa shape index (κ3) is 1.63. The summed E-state index contributed by atoms with van der Waals surface area (Å²) in [5, 5.41) is 8.78. The lowest BCUT2D eigenvalue weighted by atomic mass is 10.1. The molecule has 15 heavy (non-hydrogen) atoms. The highest BCUT2D eigenvalue weighted by Gasteiger charge is 2.22. The zero-order valence-electron chi connectivity index (χ0n) is 8.06. The van der Waals surface area contributed by atoms with Gasteiger partial charge in [-0.1, -0.05) is 0 Å². The first-order chi connectivity index (χ1) is 7.08. The van der Waals surface area contributed by atoms with E-state index in [1.54, 1.807) is 7.05 Å². The van der Waals surface area contributed by atoms with Crippen molar-refractivity contribution in [3.05, 3.63) is 29.3 Å². The molecule has 0 aromatic heterocycles. The van der Waals surface area contributed by atoms with E-state index in [-0.39, 0.29) is 5.56 Å². The van der Waals surface area contributed by atoms with Gasteiger partial charge in [0, 0.05) is 12.6 Å². The number of carbonyl (C=O) groups is 2. The molecule has 1 N–H and O–H groups in total. The molecule has 1 aromatic rings. The summed E-state index contributed by atoms with van der Waals surface area (Å²) in [6.07, 6.45) is -0.425. The van der Waals surface area contributed by atoms with Gasteiger partial charge in [-0.15, -0.1) is 0 Å². The maximum atomic E-state index is 11.2. The van der Waals surface area contributed by atoms with Gasteiger partial charge in [0.2, 0.25) is 0 Å². The lowest BCUT2D eigenvalue weighted by molar-refractivity contribution is 0.0696. The van der Waals surface area contributed by atoms with Crippen LogP contribution in [0.3, 0.4) is 0 Å². The Morgan fingerprint density at radius 1 is 1.53 bits per heavy atom. The SMILES string of the molecule is CN1Cc2cc(C(=O)O)ccc2OC1=O. The summed E-state index contributed by atoms with van der Waals surface area (Å²) in [7, 11) is 1.60. The molecule has 5 nitrogen and oxygen atoms in total. The second-order valence-electron chi connectivity index (χ2n) is 3.35. The number of hydrogen-bond donors (Lipinski definition) is 1. The number of aromatic carboxylic acids is 1. The van der Waals surface area contributed by atoms with Gasteiger partial charge >= 0.3 is 12.1 Å². The lowest BCUT2D eigenvalue weighted by Gasteiger charge is -2.24. The summed E-state index contributed by atoms with van der Waals surface area (Å²) >= 11 is 0. The van der Waals surface area contributed by atoms with E-state index in [4.69, 9.17) is 9.84 Å². The van der Waals surface area contributed by atoms with Crippen molar-refractivity contribution >= 4 is 12.1 Å². The molecule has 0 spiro atoms. The van der Waals surface area contributed by atoms with Crippen molar-refractivity contribution in [1.29, 1.82) is 0 Å². The average Bonchev–Trinajstić information content (AvgIpc) is 2.19. The van der Waals surface area contributed by atoms with Gasteiger partial charge in [0.25, 0.3) is 0 Å². The Hall–Kier alpha value is -2.04. The summed E-state index contributed by atoms with van der Waals surface area (Å²) in [5.74, 6) is -0.555. The third-order valence-electron chi connectivity index (χ3n) is 2.22. The molecule has 1 aliphatic heterocycles. The number of carbonyl (C=O) groups excluding carboxylic acids is 1. The predicted octanol–water partition coefficient (Wildman–Crippen LogP) is 1.33. The van der Waals surface area contributed by atoms with E-state index >= 15 is 0 Å². The van der Waals surface area contributed by atoms with Crippen molar-refractivity contribution in [2.45, 2.75) is 6.54 Å². The van der Waals surface area contributed by atoms with E-state index in [1.807, 2.05) is 0 Å². The first-order valence-corrected chi connectivity index (χ1v) is 4.37. The Morgan fingerprint density at radius 3 is 2.93 bits per heavy atom. The third-order valence-corrected chi connectivity index (χ3v) is 2.22. The van der Waals surface area contributed by atoms with Crippen LogP contribution in [0.4, 0.5) is 4.79 Å². The Balaban J connectivity index is 2.41. The number of carboxylic acids is 1. The second-order valence-corrected chi connectivity index (χ2v) is 3.35. The van der Waals surface area contributed by atoms with E-state index < -0.39 is 12.1 Å². The van der Waals surface area contributed by atoms with Gasteiger partial charge in [0.05, 0.1) is 12.1 Å². The average molecular weight is 207 g/mol. The minimum atomic E-state index is -0.989. The Morgan fingerprint density at radius 2 is 2.27 bits per heavy atom. The van der Waals surface area contributed by atoms with E-state index in [0.717, 1.165) is 0 Å². The topological polar surface area (TPSA) is 66.8 Å². The normalized spacial score (nSPS) is 14.5. The summed E-state index contributed by atoms with van der Waals surface area (Å²) in [6.45, 7) is 0.370. The van der Waals surface area contributed by atoms with Crippen LogP contribution in [0.5, 0.6) is 5.75 Å². The Bertz CT molecular complexity index is 441. The number of amides is 1. The highest BCUT2D eigenvalue weighted by atomic mass is 16.6. The number of hydrogen-bond acceptors (Lipinski definition) is 3. The van der Waals surface area contributed by atoms with Crippen LogP contribution in [0, 0.1) is 0 Å². The fourth-order valence-electron chi connectivity index (χ4n) is 1.43. The Labute approximate surface area is 85.9 Å². The predicted molar refractivity (Wildman–Crippen MR) is 50.9 cm³/mol. The van der Waals surface area contributed by atoms with Crippen LogP contribution in [0.15, 0.2) is 18.2 Å². The van der Waals surface area contributed by atoms with Crippen LogP contribution in [0.2, 0.25) is 0 Å². The van der Waals surface area contributed by atoms with Crippen molar-refractivity contribution in [3.8, 4) is 5.75 Å². The molecular formula is C10H9NO4. The van der Waals surface area contributed by atoms with Crippen LogP contribution in [-0.2, 0) is 6.54 Å². The van der Waals surface area contributed by atoms with E-state index in [9.17, 15) is 9.59 Å². The van der Waals surface area contributed by atoms with Crippen LogP contribution in [-0.4, -0.2) is 29.1 Å². The van der Waals surface area contributed by atoms with Gasteiger partial charge in [-0.05, 0) is 18.2 Å². The molecule has 0 unspecified atom stereocenters. The fourth-order valence-corrected chi connectivity index (χ4v) is 1.43. The maximum Gasteiger partial charge on any atom is 0.415 e. The second kappa shape index (κ2) is 3.27. The molecule has 1 aliphatic rings. The van der Waals surface area contributed by atoms with Gasteiger partial charge in [0.1, 0.15) is 5.75 Å². The molecule has 0 saturated heterocycles. The number of rotatable bonds is 1. The van der Waals surface area contributed by atoms with Crippen LogP contribution >= 0.6 is 0 Å². The van der Waals surface area contributed by atoms with Crippen LogP contribution < -0.4 is 4.74 Å². The van der Waals surface area contributed by atoms with Crippen molar-refractivity contribution < 1.29 is 19.4 Å². The maximum absolute atomic E-state index is 11.2. The molecule has 0 aliphatic carbocycles. The molecule has 5 heteroatoms. The highest BCUT2D eigenvalue weighted by Crippen LogP contribution is 2.26. The molecule has 0 bridgehead atoms. The van der Waals surface area contributed by atoms with Gasteiger partial charge in [0.15, 0.2) is 0 Å². The van der Waals surface area contributed by atoms with E-state index in [2.05, 4.69) is 0 Å². The summed E-state index contributed by atoms with van der Waals surface area (Å²) in [4.78, 5) is 23.3. The highest BCUT2D eigenvalue weighted by molar-refractivity contribution is 5.88. The van der Waals surface area contributed by atoms with Gasteiger partial charge in [-0.2, -0.15) is 0 Å². The van der Waals surface area contributed by atoms with Gasteiger partial charge in [-0.3, -0.25) is 0 Å². The minimum absolute atomic E-state index is 0.195. The smallest absolute Gasteiger partial charge is 0.415 e. The van der Waals surface area contributed by atoms with Gasteiger partial charge < -0.3 is 14.7 Å². The first-order valence-electron chi connectivity index (χ1n) is 4.37.